The molecule has 2 rings (SSSR count). The van der Waals surface area contributed by atoms with Crippen molar-refractivity contribution in [2.45, 2.75) is 12.2 Å². The number of nitrogens with two attached hydrogens (primary N) is 1. The predicted molar refractivity (Wildman–Crippen MR) is 77.2 cm³/mol. The van der Waals surface area contributed by atoms with Crippen LogP contribution in [0.15, 0.2) is 48.5 Å². The molecule has 1 atom stereocenters. The van der Waals surface area contributed by atoms with Crippen LogP contribution in [0.25, 0.3) is 0 Å². The molecular weight excluding hydrogens is 328 g/mol. The topological polar surface area (TPSA) is 72.2 Å². The first kappa shape index (κ1) is 17.5. The van der Waals surface area contributed by atoms with Gasteiger partial charge in [-0.3, -0.25) is 9.59 Å². The maximum Gasteiger partial charge on any atom is 0.419 e. The van der Waals surface area contributed by atoms with E-state index in [2.05, 4.69) is 5.32 Å². The fourth-order valence-electron chi connectivity index (χ4n) is 2.06. The van der Waals surface area contributed by atoms with Gasteiger partial charge in [-0.1, -0.05) is 30.3 Å². The van der Waals surface area contributed by atoms with Gasteiger partial charge in [-0.05, 0) is 23.8 Å². The fourth-order valence-corrected chi connectivity index (χ4v) is 2.06. The molecule has 0 aliphatic heterocycles. The van der Waals surface area contributed by atoms with Crippen LogP contribution in [-0.4, -0.2) is 11.8 Å². The van der Waals surface area contributed by atoms with Gasteiger partial charge in [0.05, 0.1) is 5.56 Å². The highest BCUT2D eigenvalue weighted by atomic mass is 19.4. The Balaban J connectivity index is 2.30. The minimum Gasteiger partial charge on any atom is -0.368 e. The molecule has 2 amide bonds. The van der Waals surface area contributed by atoms with Crippen molar-refractivity contribution in [1.82, 2.24) is 5.32 Å². The lowest BCUT2D eigenvalue weighted by atomic mass is 10.0. The third-order valence-corrected chi connectivity index (χ3v) is 3.23. The lowest BCUT2D eigenvalue weighted by Crippen LogP contribution is -2.37. The fraction of sp³-hybridized carbons (Fsp3) is 0.125. The van der Waals surface area contributed by atoms with Gasteiger partial charge in [-0.15, -0.1) is 0 Å². The number of halogens is 4. The summed E-state index contributed by atoms with van der Waals surface area (Å²) < 4.78 is 51.4. The maximum absolute atomic E-state index is 13.3. The molecule has 0 spiro atoms. The van der Waals surface area contributed by atoms with E-state index in [4.69, 9.17) is 5.73 Å². The highest BCUT2D eigenvalue weighted by Gasteiger charge is 2.35. The molecule has 0 heterocycles. The number of amides is 2. The Labute approximate surface area is 134 Å². The summed E-state index contributed by atoms with van der Waals surface area (Å²) in [6, 6.07) is 8.55. The number of rotatable bonds is 4. The van der Waals surface area contributed by atoms with Crippen molar-refractivity contribution in [3.8, 4) is 0 Å². The van der Waals surface area contributed by atoms with E-state index in [-0.39, 0.29) is 0 Å². The number of carbonyl (C=O) groups is 2. The monoisotopic (exact) mass is 340 g/mol. The molecule has 2 aromatic rings. The van der Waals surface area contributed by atoms with Gasteiger partial charge in [0, 0.05) is 5.56 Å². The lowest BCUT2D eigenvalue weighted by Gasteiger charge is -2.16. The van der Waals surface area contributed by atoms with Crippen LogP contribution in [0.1, 0.15) is 27.5 Å². The minimum absolute atomic E-state index is 0.372. The number of alkyl halides is 3. The van der Waals surface area contributed by atoms with E-state index in [0.29, 0.717) is 17.7 Å². The zero-order chi connectivity index (χ0) is 17.9. The molecule has 126 valence electrons. The molecule has 4 nitrogen and oxygen atoms in total. The normalized spacial score (nSPS) is 12.5. The number of carbonyl (C=O) groups excluding carboxylic acids is 2. The Bertz CT molecular complexity index is 760. The van der Waals surface area contributed by atoms with Gasteiger partial charge in [0.15, 0.2) is 0 Å². The Morgan fingerprint density at radius 3 is 2.21 bits per heavy atom. The molecule has 0 unspecified atom stereocenters. The number of hydrogen-bond donors (Lipinski definition) is 2. The van der Waals surface area contributed by atoms with Crippen LogP contribution < -0.4 is 11.1 Å². The Hall–Kier alpha value is -2.90. The van der Waals surface area contributed by atoms with Gasteiger partial charge in [-0.25, -0.2) is 4.39 Å². The Morgan fingerprint density at radius 2 is 1.67 bits per heavy atom. The van der Waals surface area contributed by atoms with Crippen molar-refractivity contribution in [1.29, 1.82) is 0 Å². The van der Waals surface area contributed by atoms with E-state index in [1.54, 1.807) is 18.2 Å². The van der Waals surface area contributed by atoms with Crippen molar-refractivity contribution < 1.29 is 27.2 Å². The molecule has 2 aromatic carbocycles. The third-order valence-electron chi connectivity index (χ3n) is 3.23. The van der Waals surface area contributed by atoms with Crippen molar-refractivity contribution in [3.05, 3.63) is 71.0 Å². The molecule has 0 aliphatic carbocycles. The molecule has 3 N–H and O–H groups in total. The Morgan fingerprint density at radius 1 is 1.04 bits per heavy atom. The van der Waals surface area contributed by atoms with E-state index in [0.717, 1.165) is 6.07 Å². The molecule has 0 saturated carbocycles. The quantitative estimate of drug-likeness (QED) is 0.840. The molecule has 0 saturated heterocycles. The largest absolute Gasteiger partial charge is 0.419 e. The van der Waals surface area contributed by atoms with E-state index in [9.17, 15) is 27.2 Å². The van der Waals surface area contributed by atoms with Gasteiger partial charge in [0.25, 0.3) is 5.91 Å². The van der Waals surface area contributed by atoms with Crippen LogP contribution >= 0.6 is 0 Å². The molecule has 24 heavy (non-hydrogen) atoms. The summed E-state index contributed by atoms with van der Waals surface area (Å²) >= 11 is 0. The van der Waals surface area contributed by atoms with E-state index in [1.165, 1.54) is 12.1 Å². The van der Waals surface area contributed by atoms with Crippen LogP contribution in [-0.2, 0) is 11.0 Å². The standard InChI is InChI=1S/C16H12F4N2O2/c17-12-7-6-10(8-11(12)16(18,19)20)15(24)22-13(14(21)23)9-4-2-1-3-5-9/h1-8,13H,(H2,21,23)(H,22,24)/t13-/m0/s1. The molecule has 0 aliphatic rings. The zero-order valence-electron chi connectivity index (χ0n) is 12.1. The first-order chi connectivity index (χ1) is 11.2. The van der Waals surface area contributed by atoms with E-state index < -0.39 is 41.0 Å². The third kappa shape index (κ3) is 3.89. The molecular formula is C16H12F4N2O2. The molecule has 8 heteroatoms. The second-order valence-electron chi connectivity index (χ2n) is 4.91. The first-order valence-electron chi connectivity index (χ1n) is 6.72. The van der Waals surface area contributed by atoms with Crippen LogP contribution in [0.5, 0.6) is 0 Å². The Kier molecular flexibility index (Phi) is 4.87. The van der Waals surface area contributed by atoms with E-state index in [1.807, 2.05) is 0 Å². The minimum atomic E-state index is -4.94. The van der Waals surface area contributed by atoms with Gasteiger partial charge in [0.1, 0.15) is 11.9 Å². The smallest absolute Gasteiger partial charge is 0.368 e. The number of hydrogen-bond acceptors (Lipinski definition) is 2. The van der Waals surface area contributed by atoms with Gasteiger partial charge < -0.3 is 11.1 Å². The highest BCUT2D eigenvalue weighted by molar-refractivity contribution is 5.97. The number of benzene rings is 2. The van der Waals surface area contributed by atoms with Crippen molar-refractivity contribution in [2.75, 3.05) is 0 Å². The summed E-state index contributed by atoms with van der Waals surface area (Å²) in [5, 5.41) is 2.24. The molecule has 0 aromatic heterocycles. The van der Waals surface area contributed by atoms with Crippen molar-refractivity contribution in [2.24, 2.45) is 5.73 Å². The highest BCUT2D eigenvalue weighted by Crippen LogP contribution is 2.32. The summed E-state index contributed by atoms with van der Waals surface area (Å²) in [5.41, 5.74) is 3.59. The van der Waals surface area contributed by atoms with E-state index >= 15 is 0 Å². The summed E-state index contributed by atoms with van der Waals surface area (Å²) in [7, 11) is 0. The SMILES string of the molecule is NC(=O)[C@@H](NC(=O)c1ccc(F)c(C(F)(F)F)c1)c1ccccc1. The lowest BCUT2D eigenvalue weighted by molar-refractivity contribution is -0.140. The number of nitrogens with one attached hydrogen (secondary N) is 1. The second kappa shape index (κ2) is 6.69. The second-order valence-corrected chi connectivity index (χ2v) is 4.91. The van der Waals surface area contributed by atoms with Gasteiger partial charge in [0.2, 0.25) is 5.91 Å². The number of primary amides is 1. The summed E-state index contributed by atoms with van der Waals surface area (Å²) in [4.78, 5) is 23.6. The molecule has 0 radical (unpaired) electrons. The van der Waals surface area contributed by atoms with Crippen LogP contribution in [0.3, 0.4) is 0 Å². The van der Waals surface area contributed by atoms with Crippen molar-refractivity contribution >= 4 is 11.8 Å². The summed E-state index contributed by atoms with van der Waals surface area (Å²) in [6.07, 6.45) is -4.94. The van der Waals surface area contributed by atoms with Crippen molar-refractivity contribution in [3.63, 3.8) is 0 Å². The molecule has 0 bridgehead atoms. The molecule has 0 fully saturated rings. The van der Waals surface area contributed by atoms with Gasteiger partial charge in [-0.2, -0.15) is 13.2 Å². The first-order valence-corrected chi connectivity index (χ1v) is 6.72. The average molecular weight is 340 g/mol. The van der Waals surface area contributed by atoms with Crippen LogP contribution in [0.4, 0.5) is 17.6 Å². The zero-order valence-corrected chi connectivity index (χ0v) is 12.1. The van der Waals surface area contributed by atoms with Gasteiger partial charge >= 0.3 is 6.18 Å². The summed E-state index contributed by atoms with van der Waals surface area (Å²) in [5.74, 6) is -3.35. The summed E-state index contributed by atoms with van der Waals surface area (Å²) in [6.45, 7) is 0. The predicted octanol–water partition coefficient (Wildman–Crippen LogP) is 2.80. The van der Waals surface area contributed by atoms with Crippen LogP contribution in [0.2, 0.25) is 0 Å². The average Bonchev–Trinajstić information content (AvgIpc) is 2.52. The van der Waals surface area contributed by atoms with Crippen LogP contribution in [0, 0.1) is 5.82 Å². The maximum atomic E-state index is 13.3.